The minimum atomic E-state index is 0.388. The average Bonchev–Trinajstić information content (AvgIpc) is 3.13. The molecular formula is C16H18N2S2. The van der Waals surface area contributed by atoms with Crippen LogP contribution in [0.15, 0.2) is 40.5 Å². The zero-order valence-electron chi connectivity index (χ0n) is 11.5. The molecule has 3 aromatic rings. The quantitative estimate of drug-likeness (QED) is 0.717. The molecule has 3 aromatic heterocycles. The molecule has 3 rings (SSSR count). The number of fused-ring (bicyclic) bond motifs is 1. The van der Waals surface area contributed by atoms with Crippen LogP contribution in [-0.4, -0.2) is 11.5 Å². The summed E-state index contributed by atoms with van der Waals surface area (Å²) in [6.07, 6.45) is 4.25. The van der Waals surface area contributed by atoms with Crippen LogP contribution in [0.3, 0.4) is 0 Å². The van der Waals surface area contributed by atoms with Crippen LogP contribution in [-0.2, 0) is 6.42 Å². The molecule has 0 fully saturated rings. The van der Waals surface area contributed by atoms with E-state index < -0.39 is 0 Å². The Morgan fingerprint density at radius 1 is 1.30 bits per heavy atom. The number of thiophene rings is 2. The van der Waals surface area contributed by atoms with Crippen LogP contribution in [0.5, 0.6) is 0 Å². The molecule has 3 heterocycles. The van der Waals surface area contributed by atoms with Crippen molar-refractivity contribution in [1.29, 1.82) is 0 Å². The minimum Gasteiger partial charge on any atom is -0.310 e. The highest BCUT2D eigenvalue weighted by atomic mass is 32.1. The molecule has 0 amide bonds. The molecule has 1 atom stereocenters. The smallest absolute Gasteiger partial charge is 0.0809 e. The van der Waals surface area contributed by atoms with E-state index in [-0.39, 0.29) is 0 Å². The summed E-state index contributed by atoms with van der Waals surface area (Å²) in [5, 5.41) is 10.1. The molecule has 0 saturated heterocycles. The second-order valence-electron chi connectivity index (χ2n) is 4.85. The van der Waals surface area contributed by atoms with Crippen LogP contribution in [0.2, 0.25) is 0 Å². The van der Waals surface area contributed by atoms with Gasteiger partial charge in [-0.3, -0.25) is 4.98 Å². The highest BCUT2D eigenvalue weighted by Crippen LogP contribution is 2.25. The van der Waals surface area contributed by atoms with Crippen LogP contribution in [0.4, 0.5) is 0 Å². The SMILES string of the molecule is CCNC(CCc1ccsc1)c1cnc2ccsc2c1. The number of aromatic nitrogens is 1. The molecule has 1 N–H and O–H groups in total. The molecule has 0 aromatic carbocycles. The maximum Gasteiger partial charge on any atom is 0.0809 e. The lowest BCUT2D eigenvalue weighted by atomic mass is 10.0. The van der Waals surface area contributed by atoms with Gasteiger partial charge in [0.15, 0.2) is 0 Å². The van der Waals surface area contributed by atoms with Gasteiger partial charge in [-0.1, -0.05) is 6.92 Å². The van der Waals surface area contributed by atoms with E-state index >= 15 is 0 Å². The Labute approximate surface area is 127 Å². The van der Waals surface area contributed by atoms with Crippen molar-refractivity contribution in [1.82, 2.24) is 10.3 Å². The average molecular weight is 302 g/mol. The molecule has 0 spiro atoms. The zero-order chi connectivity index (χ0) is 13.8. The monoisotopic (exact) mass is 302 g/mol. The molecule has 20 heavy (non-hydrogen) atoms. The van der Waals surface area contributed by atoms with E-state index in [1.807, 2.05) is 6.20 Å². The van der Waals surface area contributed by atoms with Crippen LogP contribution in [0.1, 0.15) is 30.5 Å². The summed E-state index contributed by atoms with van der Waals surface area (Å²) >= 11 is 3.54. The first-order chi connectivity index (χ1) is 9.86. The fourth-order valence-corrected chi connectivity index (χ4v) is 3.92. The molecular weight excluding hydrogens is 284 g/mol. The molecule has 2 nitrogen and oxygen atoms in total. The van der Waals surface area contributed by atoms with Crippen LogP contribution >= 0.6 is 22.7 Å². The number of nitrogens with zero attached hydrogens (tertiary/aromatic N) is 1. The molecule has 0 saturated carbocycles. The molecule has 0 bridgehead atoms. The summed E-state index contributed by atoms with van der Waals surface area (Å²) in [5.41, 5.74) is 3.84. The largest absolute Gasteiger partial charge is 0.310 e. The van der Waals surface area contributed by atoms with E-state index in [9.17, 15) is 0 Å². The highest BCUT2D eigenvalue weighted by molar-refractivity contribution is 7.17. The van der Waals surface area contributed by atoms with Gasteiger partial charge in [0, 0.05) is 12.2 Å². The maximum atomic E-state index is 4.56. The maximum absolute atomic E-state index is 4.56. The van der Waals surface area contributed by atoms with Crippen molar-refractivity contribution in [3.8, 4) is 0 Å². The predicted molar refractivity (Wildman–Crippen MR) is 88.7 cm³/mol. The van der Waals surface area contributed by atoms with Gasteiger partial charge < -0.3 is 5.32 Å². The second kappa shape index (κ2) is 6.48. The summed E-state index contributed by atoms with van der Waals surface area (Å²) in [7, 11) is 0. The molecule has 4 heteroatoms. The van der Waals surface area contributed by atoms with Gasteiger partial charge in [-0.25, -0.2) is 0 Å². The van der Waals surface area contributed by atoms with E-state index in [1.54, 1.807) is 22.7 Å². The first-order valence-corrected chi connectivity index (χ1v) is 8.76. The third-order valence-corrected chi connectivity index (χ3v) is 5.06. The Morgan fingerprint density at radius 2 is 2.25 bits per heavy atom. The number of nitrogens with one attached hydrogen (secondary N) is 1. The van der Waals surface area contributed by atoms with E-state index in [0.29, 0.717) is 6.04 Å². The molecule has 1 unspecified atom stereocenters. The Morgan fingerprint density at radius 3 is 3.05 bits per heavy atom. The van der Waals surface area contributed by atoms with Crippen molar-refractivity contribution in [3.05, 3.63) is 51.7 Å². The van der Waals surface area contributed by atoms with E-state index in [1.165, 1.54) is 15.8 Å². The van der Waals surface area contributed by atoms with Gasteiger partial charge in [0.1, 0.15) is 0 Å². The van der Waals surface area contributed by atoms with Gasteiger partial charge in [0.05, 0.1) is 10.2 Å². The molecule has 104 valence electrons. The van der Waals surface area contributed by atoms with Crippen molar-refractivity contribution in [3.63, 3.8) is 0 Å². The van der Waals surface area contributed by atoms with Crippen molar-refractivity contribution in [2.45, 2.75) is 25.8 Å². The van der Waals surface area contributed by atoms with Crippen LogP contribution in [0, 0.1) is 0 Å². The second-order valence-corrected chi connectivity index (χ2v) is 6.58. The number of aryl methyl sites for hydroxylation is 1. The Hall–Kier alpha value is -1.23. The molecule has 0 aliphatic heterocycles. The lowest BCUT2D eigenvalue weighted by Crippen LogP contribution is -2.21. The summed E-state index contributed by atoms with van der Waals surface area (Å²) in [4.78, 5) is 4.56. The third kappa shape index (κ3) is 3.08. The Bertz CT molecular complexity index is 658. The van der Waals surface area contributed by atoms with E-state index in [4.69, 9.17) is 0 Å². The number of hydrogen-bond donors (Lipinski definition) is 1. The number of hydrogen-bond acceptors (Lipinski definition) is 4. The fourth-order valence-electron chi connectivity index (χ4n) is 2.43. The minimum absolute atomic E-state index is 0.388. The summed E-state index contributed by atoms with van der Waals surface area (Å²) < 4.78 is 1.28. The normalized spacial score (nSPS) is 12.8. The van der Waals surface area contributed by atoms with Crippen LogP contribution < -0.4 is 5.32 Å². The standard InChI is InChI=1S/C16H18N2S2/c1-2-17-14(4-3-12-5-7-19-11-12)13-9-16-15(18-10-13)6-8-20-16/h5-11,14,17H,2-4H2,1H3. The number of rotatable bonds is 6. The lowest BCUT2D eigenvalue weighted by Gasteiger charge is -2.17. The third-order valence-electron chi connectivity index (χ3n) is 3.48. The summed E-state index contributed by atoms with van der Waals surface area (Å²) in [6.45, 7) is 3.14. The van der Waals surface area contributed by atoms with Gasteiger partial charge in [-0.15, -0.1) is 11.3 Å². The van der Waals surface area contributed by atoms with Crippen molar-refractivity contribution in [2.24, 2.45) is 0 Å². The Kier molecular flexibility index (Phi) is 4.45. The first-order valence-electron chi connectivity index (χ1n) is 6.94. The first kappa shape index (κ1) is 13.7. The molecule has 0 aliphatic rings. The van der Waals surface area contributed by atoms with Crippen molar-refractivity contribution < 1.29 is 0 Å². The van der Waals surface area contributed by atoms with Gasteiger partial charge in [-0.2, -0.15) is 11.3 Å². The topological polar surface area (TPSA) is 24.9 Å². The lowest BCUT2D eigenvalue weighted by molar-refractivity contribution is 0.515. The number of pyridine rings is 1. The predicted octanol–water partition coefficient (Wildman–Crippen LogP) is 4.64. The Balaban J connectivity index is 1.77. The summed E-state index contributed by atoms with van der Waals surface area (Å²) in [5.74, 6) is 0. The fraction of sp³-hybridized carbons (Fsp3) is 0.312. The van der Waals surface area contributed by atoms with Gasteiger partial charge >= 0.3 is 0 Å². The summed E-state index contributed by atoms with van der Waals surface area (Å²) in [6, 6.07) is 6.97. The van der Waals surface area contributed by atoms with Gasteiger partial charge in [0.25, 0.3) is 0 Å². The van der Waals surface area contributed by atoms with Crippen LogP contribution in [0.25, 0.3) is 10.2 Å². The van der Waals surface area contributed by atoms with Crippen molar-refractivity contribution in [2.75, 3.05) is 6.54 Å². The molecule has 0 radical (unpaired) electrons. The highest BCUT2D eigenvalue weighted by Gasteiger charge is 2.12. The molecule has 0 aliphatic carbocycles. The van der Waals surface area contributed by atoms with Gasteiger partial charge in [-0.05, 0) is 64.9 Å². The van der Waals surface area contributed by atoms with Gasteiger partial charge in [0.2, 0.25) is 0 Å². The zero-order valence-corrected chi connectivity index (χ0v) is 13.1. The van der Waals surface area contributed by atoms with Crippen molar-refractivity contribution >= 4 is 32.9 Å². The van der Waals surface area contributed by atoms with E-state index in [0.717, 1.165) is 24.9 Å². The van der Waals surface area contributed by atoms with E-state index in [2.05, 4.69) is 51.6 Å².